The number of amides is 1. The molecule has 0 bridgehead atoms. The SMILES string of the molecule is NC(=O)CNc1cc(S(N)(=O)=O)ccc1N. The third kappa shape index (κ3) is 3.11. The second-order valence-electron chi connectivity index (χ2n) is 3.11. The Hall–Kier alpha value is -1.80. The molecule has 1 amide bonds. The van der Waals surface area contributed by atoms with Crippen molar-refractivity contribution in [2.24, 2.45) is 10.9 Å². The van der Waals surface area contributed by atoms with Gasteiger partial charge in [0.05, 0.1) is 22.8 Å². The lowest BCUT2D eigenvalue weighted by molar-refractivity contribution is -0.116. The number of anilines is 2. The van der Waals surface area contributed by atoms with Crippen molar-refractivity contribution in [1.29, 1.82) is 0 Å². The molecule has 8 heteroatoms. The largest absolute Gasteiger partial charge is 0.397 e. The van der Waals surface area contributed by atoms with Crippen molar-refractivity contribution >= 4 is 27.3 Å². The van der Waals surface area contributed by atoms with E-state index < -0.39 is 15.9 Å². The van der Waals surface area contributed by atoms with Gasteiger partial charge in [0.2, 0.25) is 15.9 Å². The van der Waals surface area contributed by atoms with Crippen LogP contribution in [0.3, 0.4) is 0 Å². The molecule has 0 aliphatic heterocycles. The van der Waals surface area contributed by atoms with Crippen molar-refractivity contribution in [2.75, 3.05) is 17.6 Å². The topological polar surface area (TPSA) is 141 Å². The summed E-state index contributed by atoms with van der Waals surface area (Å²) in [6.07, 6.45) is 0. The van der Waals surface area contributed by atoms with Crippen LogP contribution in [0, 0.1) is 0 Å². The van der Waals surface area contributed by atoms with E-state index in [-0.39, 0.29) is 11.4 Å². The molecule has 0 heterocycles. The van der Waals surface area contributed by atoms with Crippen LogP contribution < -0.4 is 21.9 Å². The van der Waals surface area contributed by atoms with Gasteiger partial charge in [-0.3, -0.25) is 4.79 Å². The Kier molecular flexibility index (Phi) is 3.35. The molecule has 0 atom stereocenters. The summed E-state index contributed by atoms with van der Waals surface area (Å²) in [4.78, 5) is 10.5. The van der Waals surface area contributed by atoms with E-state index in [4.69, 9.17) is 16.6 Å². The van der Waals surface area contributed by atoms with Gasteiger partial charge in [-0.25, -0.2) is 13.6 Å². The molecule has 1 aromatic rings. The van der Waals surface area contributed by atoms with Crippen LogP contribution in [0.4, 0.5) is 11.4 Å². The molecule has 7 N–H and O–H groups in total. The number of primary sulfonamides is 1. The number of hydrogen-bond donors (Lipinski definition) is 4. The van der Waals surface area contributed by atoms with Crippen molar-refractivity contribution in [2.45, 2.75) is 4.90 Å². The number of carbonyl (C=O) groups is 1. The number of nitrogen functional groups attached to an aromatic ring is 1. The van der Waals surface area contributed by atoms with E-state index in [1.165, 1.54) is 18.2 Å². The number of primary amides is 1. The van der Waals surface area contributed by atoms with Crippen LogP contribution in [0.2, 0.25) is 0 Å². The number of rotatable bonds is 4. The zero-order chi connectivity index (χ0) is 12.3. The minimum absolute atomic E-state index is 0.0892. The molecular weight excluding hydrogens is 232 g/mol. The van der Waals surface area contributed by atoms with E-state index in [0.717, 1.165) is 0 Å². The Morgan fingerprint density at radius 1 is 1.38 bits per heavy atom. The first kappa shape index (κ1) is 12.3. The van der Waals surface area contributed by atoms with Gasteiger partial charge in [0.15, 0.2) is 0 Å². The molecule has 1 aromatic carbocycles. The Balaban J connectivity index is 3.04. The van der Waals surface area contributed by atoms with Crippen LogP contribution in [-0.2, 0) is 14.8 Å². The lowest BCUT2D eigenvalue weighted by Crippen LogP contribution is -2.22. The molecule has 88 valence electrons. The number of nitrogens with one attached hydrogen (secondary N) is 1. The smallest absolute Gasteiger partial charge is 0.238 e. The van der Waals surface area contributed by atoms with Crippen molar-refractivity contribution in [3.05, 3.63) is 18.2 Å². The third-order valence-corrected chi connectivity index (χ3v) is 2.72. The van der Waals surface area contributed by atoms with E-state index in [0.29, 0.717) is 11.4 Å². The van der Waals surface area contributed by atoms with Gasteiger partial charge in [-0.1, -0.05) is 0 Å². The fraction of sp³-hybridized carbons (Fsp3) is 0.125. The van der Waals surface area contributed by atoms with Gasteiger partial charge in [0.25, 0.3) is 0 Å². The first-order valence-electron chi connectivity index (χ1n) is 4.25. The Morgan fingerprint density at radius 3 is 2.50 bits per heavy atom. The summed E-state index contributed by atoms with van der Waals surface area (Å²) in [5, 5.41) is 7.55. The van der Waals surface area contributed by atoms with Gasteiger partial charge in [-0.15, -0.1) is 0 Å². The summed E-state index contributed by atoms with van der Waals surface area (Å²) < 4.78 is 22.1. The average molecular weight is 244 g/mol. The molecule has 0 saturated carbocycles. The van der Waals surface area contributed by atoms with E-state index in [9.17, 15) is 13.2 Å². The highest BCUT2D eigenvalue weighted by atomic mass is 32.2. The predicted octanol–water partition coefficient (Wildman–Crippen LogP) is -1.19. The Labute approximate surface area is 92.7 Å². The lowest BCUT2D eigenvalue weighted by atomic mass is 10.2. The van der Waals surface area contributed by atoms with Crippen LogP contribution in [0.1, 0.15) is 0 Å². The number of hydrogen-bond acceptors (Lipinski definition) is 5. The highest BCUT2D eigenvalue weighted by Crippen LogP contribution is 2.21. The Bertz CT molecular complexity index is 512. The van der Waals surface area contributed by atoms with Gasteiger partial charge < -0.3 is 16.8 Å². The third-order valence-electron chi connectivity index (χ3n) is 1.81. The summed E-state index contributed by atoms with van der Waals surface area (Å²) in [6.45, 7) is -0.141. The molecule has 0 radical (unpaired) electrons. The van der Waals surface area contributed by atoms with Crippen LogP contribution in [0.15, 0.2) is 23.1 Å². The van der Waals surface area contributed by atoms with Crippen molar-refractivity contribution < 1.29 is 13.2 Å². The fourth-order valence-corrected chi connectivity index (χ4v) is 1.59. The summed E-state index contributed by atoms with van der Waals surface area (Å²) >= 11 is 0. The summed E-state index contributed by atoms with van der Waals surface area (Å²) in [6, 6.07) is 3.90. The minimum atomic E-state index is -3.79. The normalized spacial score (nSPS) is 11.1. The minimum Gasteiger partial charge on any atom is -0.397 e. The molecule has 0 aliphatic carbocycles. The lowest BCUT2D eigenvalue weighted by Gasteiger charge is -2.08. The summed E-state index contributed by atoms with van der Waals surface area (Å²) in [7, 11) is -3.79. The standard InChI is InChI=1S/C8H12N4O3S/c9-6-2-1-5(16(11,14)15)3-7(6)12-4-8(10)13/h1-3,12H,4,9H2,(H2,10,13)(H2,11,14,15). The molecule has 0 unspecified atom stereocenters. The maximum Gasteiger partial charge on any atom is 0.238 e. The predicted molar refractivity (Wildman–Crippen MR) is 59.9 cm³/mol. The van der Waals surface area contributed by atoms with Gasteiger partial charge >= 0.3 is 0 Å². The van der Waals surface area contributed by atoms with E-state index in [1.54, 1.807) is 0 Å². The molecule has 0 aliphatic rings. The van der Waals surface area contributed by atoms with Crippen molar-refractivity contribution in [3.8, 4) is 0 Å². The van der Waals surface area contributed by atoms with Gasteiger partial charge in [-0.05, 0) is 18.2 Å². The van der Waals surface area contributed by atoms with Gasteiger partial charge in [0.1, 0.15) is 0 Å². The molecule has 0 aromatic heterocycles. The van der Waals surface area contributed by atoms with Gasteiger partial charge in [-0.2, -0.15) is 0 Å². The summed E-state index contributed by atoms with van der Waals surface area (Å²) in [5.41, 5.74) is 11.1. The quantitative estimate of drug-likeness (QED) is 0.493. The molecule has 0 spiro atoms. The van der Waals surface area contributed by atoms with Crippen LogP contribution in [0.5, 0.6) is 0 Å². The molecule has 0 saturated heterocycles. The molecule has 1 rings (SSSR count). The van der Waals surface area contributed by atoms with E-state index in [1.807, 2.05) is 0 Å². The highest BCUT2D eigenvalue weighted by molar-refractivity contribution is 7.89. The Morgan fingerprint density at radius 2 is 2.00 bits per heavy atom. The number of nitrogens with two attached hydrogens (primary N) is 3. The zero-order valence-electron chi connectivity index (χ0n) is 8.30. The highest BCUT2D eigenvalue weighted by Gasteiger charge is 2.10. The van der Waals surface area contributed by atoms with E-state index in [2.05, 4.69) is 5.32 Å². The molecule has 7 nitrogen and oxygen atoms in total. The second-order valence-corrected chi connectivity index (χ2v) is 4.68. The summed E-state index contributed by atoms with van der Waals surface area (Å²) in [5.74, 6) is -0.583. The van der Waals surface area contributed by atoms with Crippen molar-refractivity contribution in [1.82, 2.24) is 0 Å². The number of sulfonamides is 1. The van der Waals surface area contributed by atoms with Crippen molar-refractivity contribution in [3.63, 3.8) is 0 Å². The van der Waals surface area contributed by atoms with E-state index >= 15 is 0 Å². The molecular formula is C8H12N4O3S. The molecule has 16 heavy (non-hydrogen) atoms. The second kappa shape index (κ2) is 4.37. The number of benzene rings is 1. The molecule has 0 fully saturated rings. The average Bonchev–Trinajstić information content (AvgIpc) is 2.14. The van der Waals surface area contributed by atoms with Crippen LogP contribution in [-0.4, -0.2) is 20.9 Å². The van der Waals surface area contributed by atoms with Gasteiger partial charge in [0, 0.05) is 0 Å². The maximum atomic E-state index is 11.1. The fourth-order valence-electron chi connectivity index (χ4n) is 1.05. The first-order valence-corrected chi connectivity index (χ1v) is 5.80. The number of carbonyl (C=O) groups excluding carboxylic acids is 1. The monoisotopic (exact) mass is 244 g/mol. The van der Waals surface area contributed by atoms with Crippen LogP contribution >= 0.6 is 0 Å². The maximum absolute atomic E-state index is 11.1. The first-order chi connectivity index (χ1) is 7.30. The zero-order valence-corrected chi connectivity index (χ0v) is 9.12. The van der Waals surface area contributed by atoms with Crippen LogP contribution in [0.25, 0.3) is 0 Å².